The van der Waals surface area contributed by atoms with Crippen LogP contribution in [0.3, 0.4) is 0 Å². The molecule has 1 aromatic heterocycles. The van der Waals surface area contributed by atoms with Gasteiger partial charge in [-0.05, 0) is 44.2 Å². The van der Waals surface area contributed by atoms with Gasteiger partial charge in [0.15, 0.2) is 11.5 Å². The Morgan fingerprint density at radius 2 is 1.89 bits per heavy atom. The van der Waals surface area contributed by atoms with Gasteiger partial charge in [-0.3, -0.25) is 9.59 Å². The van der Waals surface area contributed by atoms with Crippen LogP contribution < -0.4 is 9.47 Å². The predicted molar refractivity (Wildman–Crippen MR) is 125 cm³/mol. The Morgan fingerprint density at radius 1 is 1.09 bits per heavy atom. The van der Waals surface area contributed by atoms with Crippen LogP contribution in [-0.4, -0.2) is 74.8 Å². The zero-order valence-corrected chi connectivity index (χ0v) is 20.0. The van der Waals surface area contributed by atoms with Gasteiger partial charge in [0.2, 0.25) is 5.82 Å². The molecule has 35 heavy (non-hydrogen) atoms. The number of rotatable bonds is 3. The molecule has 0 N–H and O–H groups in total. The molecule has 0 spiro atoms. The standard InChI is InChI=1S/C24H23ClFN5O4/c1-24(2)13-29(22(32)15-10-18(25)20-19(11-15)34-8-9-35-20)6-7-30(24)23(33)21-27-14-31(28-21)17-5-3-4-16(26)12-17/h3-5,10-12,14H,6-9,13H2,1-2H3. The van der Waals surface area contributed by atoms with Gasteiger partial charge in [0, 0.05) is 25.2 Å². The molecule has 3 aromatic rings. The number of aromatic nitrogens is 3. The Hall–Kier alpha value is -3.66. The lowest BCUT2D eigenvalue weighted by atomic mass is 9.97. The molecule has 3 heterocycles. The Labute approximate surface area is 206 Å². The molecular weight excluding hydrogens is 477 g/mol. The Bertz CT molecular complexity index is 1310. The van der Waals surface area contributed by atoms with E-state index in [4.69, 9.17) is 21.1 Å². The SMILES string of the molecule is CC1(C)CN(C(=O)c2cc(Cl)c3c(c2)OCCO3)CCN1C(=O)c1ncn(-c2cccc(F)c2)n1. The molecule has 11 heteroatoms. The number of halogens is 2. The first-order valence-corrected chi connectivity index (χ1v) is 11.5. The average molecular weight is 500 g/mol. The summed E-state index contributed by atoms with van der Waals surface area (Å²) in [5.41, 5.74) is 0.169. The minimum Gasteiger partial charge on any atom is -0.486 e. The second-order valence-corrected chi connectivity index (χ2v) is 9.38. The van der Waals surface area contributed by atoms with Crippen LogP contribution in [0.15, 0.2) is 42.7 Å². The zero-order valence-electron chi connectivity index (χ0n) is 19.2. The summed E-state index contributed by atoms with van der Waals surface area (Å²) >= 11 is 6.31. The zero-order chi connectivity index (χ0) is 24.7. The summed E-state index contributed by atoms with van der Waals surface area (Å²) in [6, 6.07) is 9.07. The number of piperazine rings is 1. The molecule has 2 aliphatic heterocycles. The van der Waals surface area contributed by atoms with E-state index in [9.17, 15) is 14.0 Å². The van der Waals surface area contributed by atoms with Gasteiger partial charge in [0.05, 0.1) is 16.2 Å². The van der Waals surface area contributed by atoms with Crippen LogP contribution in [0.5, 0.6) is 11.5 Å². The normalized spacial score (nSPS) is 16.8. The third kappa shape index (κ3) is 4.41. The van der Waals surface area contributed by atoms with Crippen LogP contribution in [0.2, 0.25) is 5.02 Å². The van der Waals surface area contributed by atoms with Crippen LogP contribution in [0.25, 0.3) is 5.69 Å². The van der Waals surface area contributed by atoms with Crippen molar-refractivity contribution in [1.82, 2.24) is 24.6 Å². The van der Waals surface area contributed by atoms with Crippen molar-refractivity contribution in [1.29, 1.82) is 0 Å². The smallest absolute Gasteiger partial charge is 0.294 e. The fraction of sp³-hybridized carbons (Fsp3) is 0.333. The quantitative estimate of drug-likeness (QED) is 0.550. The van der Waals surface area contributed by atoms with Crippen molar-refractivity contribution < 1.29 is 23.5 Å². The number of carbonyl (C=O) groups excluding carboxylic acids is 2. The molecule has 2 aromatic carbocycles. The Balaban J connectivity index is 1.31. The minimum absolute atomic E-state index is 0.000676. The molecule has 0 aliphatic carbocycles. The highest BCUT2D eigenvalue weighted by atomic mass is 35.5. The van der Waals surface area contributed by atoms with Crippen molar-refractivity contribution in [3.05, 3.63) is 65.0 Å². The number of amides is 2. The van der Waals surface area contributed by atoms with Gasteiger partial charge < -0.3 is 19.3 Å². The van der Waals surface area contributed by atoms with E-state index in [-0.39, 0.29) is 17.6 Å². The van der Waals surface area contributed by atoms with Crippen LogP contribution in [0.4, 0.5) is 4.39 Å². The molecule has 182 valence electrons. The summed E-state index contributed by atoms with van der Waals surface area (Å²) in [7, 11) is 0. The van der Waals surface area contributed by atoms with Crippen LogP contribution in [0.1, 0.15) is 34.8 Å². The molecule has 0 saturated carbocycles. The highest BCUT2D eigenvalue weighted by Gasteiger charge is 2.40. The van der Waals surface area contributed by atoms with E-state index in [0.717, 1.165) is 0 Å². The maximum absolute atomic E-state index is 13.6. The van der Waals surface area contributed by atoms with Crippen molar-refractivity contribution in [3.63, 3.8) is 0 Å². The lowest BCUT2D eigenvalue weighted by Gasteiger charge is -2.46. The van der Waals surface area contributed by atoms with Gasteiger partial charge in [-0.25, -0.2) is 14.1 Å². The third-order valence-corrected chi connectivity index (χ3v) is 6.31. The van der Waals surface area contributed by atoms with E-state index in [1.165, 1.54) is 23.1 Å². The van der Waals surface area contributed by atoms with Crippen LogP contribution in [0, 0.1) is 5.82 Å². The maximum atomic E-state index is 13.6. The first-order chi connectivity index (χ1) is 16.7. The third-order valence-electron chi connectivity index (χ3n) is 6.03. The minimum atomic E-state index is -0.688. The van der Waals surface area contributed by atoms with E-state index >= 15 is 0 Å². The molecule has 2 amide bonds. The molecule has 0 unspecified atom stereocenters. The highest BCUT2D eigenvalue weighted by Crippen LogP contribution is 2.39. The Morgan fingerprint density at radius 3 is 2.66 bits per heavy atom. The molecule has 0 atom stereocenters. The Kier molecular flexibility index (Phi) is 5.84. The van der Waals surface area contributed by atoms with E-state index in [1.807, 2.05) is 13.8 Å². The summed E-state index contributed by atoms with van der Waals surface area (Å²) < 4.78 is 26.0. The first kappa shape index (κ1) is 23.1. The number of ether oxygens (including phenoxy) is 2. The largest absolute Gasteiger partial charge is 0.486 e. The van der Waals surface area contributed by atoms with Gasteiger partial charge in [-0.1, -0.05) is 17.7 Å². The van der Waals surface area contributed by atoms with Gasteiger partial charge in [-0.15, -0.1) is 5.10 Å². The number of hydrogen-bond acceptors (Lipinski definition) is 6. The van der Waals surface area contributed by atoms with Crippen LogP contribution in [-0.2, 0) is 0 Å². The maximum Gasteiger partial charge on any atom is 0.294 e. The lowest BCUT2D eigenvalue weighted by Crippen LogP contribution is -2.62. The first-order valence-electron chi connectivity index (χ1n) is 11.1. The lowest BCUT2D eigenvalue weighted by molar-refractivity contribution is 0.0160. The molecule has 0 bridgehead atoms. The van der Waals surface area contributed by atoms with Crippen molar-refractivity contribution in [2.45, 2.75) is 19.4 Å². The van der Waals surface area contributed by atoms with E-state index in [2.05, 4.69) is 10.1 Å². The highest BCUT2D eigenvalue weighted by molar-refractivity contribution is 6.32. The monoisotopic (exact) mass is 499 g/mol. The summed E-state index contributed by atoms with van der Waals surface area (Å²) in [6.07, 6.45) is 1.38. The fourth-order valence-corrected chi connectivity index (χ4v) is 4.61. The van der Waals surface area contributed by atoms with Crippen molar-refractivity contribution in [2.75, 3.05) is 32.8 Å². The predicted octanol–water partition coefficient (Wildman–Crippen LogP) is 3.21. The summed E-state index contributed by atoms with van der Waals surface area (Å²) in [5, 5.41) is 4.56. The van der Waals surface area contributed by atoms with Gasteiger partial charge in [0.1, 0.15) is 25.4 Å². The molecule has 9 nitrogen and oxygen atoms in total. The van der Waals surface area contributed by atoms with Crippen LogP contribution >= 0.6 is 11.6 Å². The second-order valence-electron chi connectivity index (χ2n) is 8.97. The number of nitrogens with zero attached hydrogens (tertiary/aromatic N) is 5. The van der Waals surface area contributed by atoms with Gasteiger partial charge >= 0.3 is 0 Å². The number of hydrogen-bond donors (Lipinski definition) is 0. The summed E-state index contributed by atoms with van der Waals surface area (Å²) in [4.78, 5) is 34.0. The summed E-state index contributed by atoms with van der Waals surface area (Å²) in [6.45, 7) is 5.47. The van der Waals surface area contributed by atoms with Gasteiger partial charge in [-0.2, -0.15) is 0 Å². The molecular formula is C24H23ClFN5O4. The van der Waals surface area contributed by atoms with E-state index in [0.29, 0.717) is 60.6 Å². The van der Waals surface area contributed by atoms with E-state index in [1.54, 1.807) is 34.1 Å². The second kappa shape index (κ2) is 8.84. The molecule has 1 fully saturated rings. The molecule has 5 rings (SSSR count). The average Bonchev–Trinajstić information content (AvgIpc) is 3.33. The number of carbonyl (C=O) groups is 2. The van der Waals surface area contributed by atoms with Crippen molar-refractivity contribution in [3.8, 4) is 17.2 Å². The fourth-order valence-electron chi connectivity index (χ4n) is 4.35. The van der Waals surface area contributed by atoms with Crippen molar-refractivity contribution in [2.24, 2.45) is 0 Å². The molecule has 1 saturated heterocycles. The van der Waals surface area contributed by atoms with Crippen molar-refractivity contribution >= 4 is 23.4 Å². The number of fused-ring (bicyclic) bond motifs is 1. The molecule has 0 radical (unpaired) electrons. The summed E-state index contributed by atoms with van der Waals surface area (Å²) in [5.74, 6) is -0.0967. The van der Waals surface area contributed by atoms with Gasteiger partial charge in [0.25, 0.3) is 11.8 Å². The topological polar surface area (TPSA) is 89.8 Å². The molecule has 2 aliphatic rings. The van der Waals surface area contributed by atoms with E-state index < -0.39 is 11.4 Å². The number of benzene rings is 2.